The number of carbonyl (C=O) groups is 1. The van der Waals surface area contributed by atoms with Crippen LogP contribution in [0.25, 0.3) is 22.3 Å². The van der Waals surface area contributed by atoms with E-state index in [1.165, 1.54) is 13.3 Å². The van der Waals surface area contributed by atoms with Gasteiger partial charge in [-0.15, -0.1) is 0 Å². The fraction of sp³-hybridized carbons (Fsp3) is 0.133. The molecule has 0 fully saturated rings. The lowest BCUT2D eigenvalue weighted by atomic mass is 10.1. The standard InChI is InChI=1S/C15H12ClN3O2/c1-9(20)21-13-4-3-10(16)7-12(13)14-11-5-6-19(2)15(11)18-8-17-14/h3-8H,1-2H3. The van der Waals surface area contributed by atoms with Gasteiger partial charge in [0.2, 0.25) is 0 Å². The lowest BCUT2D eigenvalue weighted by Gasteiger charge is -2.10. The van der Waals surface area contributed by atoms with Gasteiger partial charge in [-0.25, -0.2) is 9.97 Å². The lowest BCUT2D eigenvalue weighted by Crippen LogP contribution is -2.03. The number of rotatable bonds is 2. The van der Waals surface area contributed by atoms with Crippen molar-refractivity contribution in [3.63, 3.8) is 0 Å². The Labute approximate surface area is 126 Å². The second kappa shape index (κ2) is 5.18. The molecule has 106 valence electrons. The van der Waals surface area contributed by atoms with Crippen molar-refractivity contribution in [2.45, 2.75) is 6.92 Å². The van der Waals surface area contributed by atoms with Crippen LogP contribution in [0.2, 0.25) is 5.02 Å². The van der Waals surface area contributed by atoms with Crippen molar-refractivity contribution in [3.8, 4) is 17.0 Å². The summed E-state index contributed by atoms with van der Waals surface area (Å²) in [5, 5.41) is 1.42. The summed E-state index contributed by atoms with van der Waals surface area (Å²) >= 11 is 6.07. The van der Waals surface area contributed by atoms with E-state index in [1.54, 1.807) is 18.2 Å². The van der Waals surface area contributed by atoms with Crippen molar-refractivity contribution < 1.29 is 9.53 Å². The van der Waals surface area contributed by atoms with Gasteiger partial charge in [-0.05, 0) is 24.3 Å². The minimum atomic E-state index is -0.392. The number of hydrogen-bond donors (Lipinski definition) is 0. The number of fused-ring (bicyclic) bond motifs is 1. The first-order chi connectivity index (χ1) is 10.1. The van der Waals surface area contributed by atoms with E-state index >= 15 is 0 Å². The molecule has 0 N–H and O–H groups in total. The van der Waals surface area contributed by atoms with E-state index in [0.717, 1.165) is 11.0 Å². The van der Waals surface area contributed by atoms with E-state index in [2.05, 4.69) is 9.97 Å². The van der Waals surface area contributed by atoms with Crippen LogP contribution in [-0.2, 0) is 11.8 Å². The summed E-state index contributed by atoms with van der Waals surface area (Å²) in [6.07, 6.45) is 3.38. The number of ether oxygens (including phenoxy) is 1. The fourth-order valence-electron chi connectivity index (χ4n) is 2.22. The quantitative estimate of drug-likeness (QED) is 0.539. The molecule has 21 heavy (non-hydrogen) atoms. The Hall–Kier alpha value is -2.40. The van der Waals surface area contributed by atoms with Gasteiger partial charge in [-0.3, -0.25) is 4.79 Å². The zero-order chi connectivity index (χ0) is 15.0. The van der Waals surface area contributed by atoms with E-state index in [-0.39, 0.29) is 0 Å². The lowest BCUT2D eigenvalue weighted by molar-refractivity contribution is -0.131. The van der Waals surface area contributed by atoms with Gasteiger partial charge in [-0.2, -0.15) is 0 Å². The maximum Gasteiger partial charge on any atom is 0.308 e. The van der Waals surface area contributed by atoms with Crippen molar-refractivity contribution >= 4 is 28.6 Å². The molecule has 0 spiro atoms. The molecule has 0 amide bonds. The summed E-state index contributed by atoms with van der Waals surface area (Å²) in [4.78, 5) is 19.8. The molecule has 0 bridgehead atoms. The molecule has 0 radical (unpaired) electrons. The van der Waals surface area contributed by atoms with Crippen LogP contribution in [0.3, 0.4) is 0 Å². The van der Waals surface area contributed by atoms with E-state index in [0.29, 0.717) is 22.0 Å². The van der Waals surface area contributed by atoms with Gasteiger partial charge >= 0.3 is 5.97 Å². The van der Waals surface area contributed by atoms with Gasteiger partial charge in [0.1, 0.15) is 17.7 Å². The van der Waals surface area contributed by atoms with Crippen molar-refractivity contribution in [2.24, 2.45) is 7.05 Å². The van der Waals surface area contributed by atoms with Gasteiger partial charge in [0.05, 0.1) is 5.69 Å². The summed E-state index contributed by atoms with van der Waals surface area (Å²) < 4.78 is 7.15. The molecule has 1 aromatic carbocycles. The third kappa shape index (κ3) is 2.48. The number of halogens is 1. The molecule has 6 heteroatoms. The molecule has 3 rings (SSSR count). The van der Waals surface area contributed by atoms with Crippen molar-refractivity contribution in [1.82, 2.24) is 14.5 Å². The third-order valence-electron chi connectivity index (χ3n) is 3.11. The van der Waals surface area contributed by atoms with Crippen molar-refractivity contribution in [1.29, 1.82) is 0 Å². The molecule has 2 heterocycles. The number of benzene rings is 1. The number of aryl methyl sites for hydroxylation is 1. The molecular weight excluding hydrogens is 290 g/mol. The van der Waals surface area contributed by atoms with Crippen LogP contribution in [0.1, 0.15) is 6.92 Å². The Morgan fingerprint density at radius 3 is 2.86 bits per heavy atom. The average Bonchev–Trinajstić information content (AvgIpc) is 2.82. The highest BCUT2D eigenvalue weighted by Crippen LogP contribution is 2.35. The van der Waals surface area contributed by atoms with E-state index in [1.807, 2.05) is 23.9 Å². The van der Waals surface area contributed by atoms with E-state index in [4.69, 9.17) is 16.3 Å². The van der Waals surface area contributed by atoms with Crippen LogP contribution in [-0.4, -0.2) is 20.5 Å². The highest BCUT2D eigenvalue weighted by atomic mass is 35.5. The highest BCUT2D eigenvalue weighted by Gasteiger charge is 2.15. The number of hydrogen-bond acceptors (Lipinski definition) is 4. The Bertz CT molecular complexity index is 842. The first-order valence-electron chi connectivity index (χ1n) is 6.30. The zero-order valence-electron chi connectivity index (χ0n) is 11.5. The molecule has 0 atom stereocenters. The Balaban J connectivity index is 2.26. The van der Waals surface area contributed by atoms with Gasteiger partial charge in [0.15, 0.2) is 0 Å². The molecule has 0 saturated heterocycles. The van der Waals surface area contributed by atoms with Gasteiger partial charge in [0.25, 0.3) is 0 Å². The number of carbonyl (C=O) groups excluding carboxylic acids is 1. The molecule has 0 aliphatic heterocycles. The molecule has 0 unspecified atom stereocenters. The molecule has 0 aliphatic carbocycles. The normalized spacial score (nSPS) is 10.8. The van der Waals surface area contributed by atoms with Gasteiger partial charge < -0.3 is 9.30 Å². The topological polar surface area (TPSA) is 57.0 Å². The monoisotopic (exact) mass is 301 g/mol. The first-order valence-corrected chi connectivity index (χ1v) is 6.68. The average molecular weight is 302 g/mol. The van der Waals surface area contributed by atoms with E-state index < -0.39 is 5.97 Å². The number of aromatic nitrogens is 3. The minimum Gasteiger partial charge on any atom is -0.426 e. The SMILES string of the molecule is CC(=O)Oc1ccc(Cl)cc1-c1ncnc2c1ccn2C. The van der Waals surface area contributed by atoms with E-state index in [9.17, 15) is 4.79 Å². The van der Waals surface area contributed by atoms with Crippen LogP contribution in [0.4, 0.5) is 0 Å². The highest BCUT2D eigenvalue weighted by molar-refractivity contribution is 6.31. The largest absolute Gasteiger partial charge is 0.426 e. The molecule has 2 aromatic heterocycles. The summed E-state index contributed by atoms with van der Waals surface area (Å²) in [5.41, 5.74) is 2.14. The number of esters is 1. The number of nitrogens with zero attached hydrogens (tertiary/aromatic N) is 3. The Morgan fingerprint density at radius 1 is 1.29 bits per heavy atom. The molecule has 0 aliphatic rings. The van der Waals surface area contributed by atoms with Crippen molar-refractivity contribution in [3.05, 3.63) is 41.8 Å². The van der Waals surface area contributed by atoms with Crippen LogP contribution >= 0.6 is 11.6 Å². The predicted octanol–water partition coefficient (Wildman–Crippen LogP) is 3.21. The fourth-order valence-corrected chi connectivity index (χ4v) is 2.40. The molecule has 3 aromatic rings. The minimum absolute atomic E-state index is 0.392. The van der Waals surface area contributed by atoms with Crippen LogP contribution < -0.4 is 4.74 Å². The van der Waals surface area contributed by atoms with Crippen molar-refractivity contribution in [2.75, 3.05) is 0 Å². The molecule has 5 nitrogen and oxygen atoms in total. The third-order valence-corrected chi connectivity index (χ3v) is 3.35. The molecular formula is C15H12ClN3O2. The summed E-state index contributed by atoms with van der Waals surface area (Å²) in [6, 6.07) is 6.99. The summed E-state index contributed by atoms with van der Waals surface area (Å²) in [6.45, 7) is 1.36. The Morgan fingerprint density at radius 2 is 2.10 bits per heavy atom. The van der Waals surface area contributed by atoms with Gasteiger partial charge in [0, 0.05) is 36.1 Å². The Kier molecular flexibility index (Phi) is 3.35. The van der Waals surface area contributed by atoms with Crippen LogP contribution in [0, 0.1) is 0 Å². The first kappa shape index (κ1) is 13.6. The predicted molar refractivity (Wildman–Crippen MR) is 80.3 cm³/mol. The molecule has 0 saturated carbocycles. The second-order valence-corrected chi connectivity index (χ2v) is 5.06. The summed E-state index contributed by atoms with van der Waals surface area (Å²) in [7, 11) is 1.91. The van der Waals surface area contributed by atoms with Crippen LogP contribution in [0.5, 0.6) is 5.75 Å². The zero-order valence-corrected chi connectivity index (χ0v) is 12.3. The maximum atomic E-state index is 11.3. The smallest absolute Gasteiger partial charge is 0.308 e. The van der Waals surface area contributed by atoms with Gasteiger partial charge in [-0.1, -0.05) is 11.6 Å². The summed E-state index contributed by atoms with van der Waals surface area (Å²) in [5.74, 6) is 0.0349. The second-order valence-electron chi connectivity index (χ2n) is 4.62. The maximum absolute atomic E-state index is 11.3. The van der Waals surface area contributed by atoms with Crippen LogP contribution in [0.15, 0.2) is 36.8 Å².